The SMILES string of the molecule is COC(=O)c1cc(C)cc(N)c1.COC(=O)c1cc(Nc2nccc(Oc3ccc(N)c4ccccc34)n2)cc(OC)c1. The molecule has 1 aromatic heterocycles. The van der Waals surface area contributed by atoms with Gasteiger partial charge in [-0.1, -0.05) is 24.3 Å². The zero-order valence-corrected chi connectivity index (χ0v) is 24.1. The third kappa shape index (κ3) is 7.67. The lowest BCUT2D eigenvalue weighted by molar-refractivity contribution is 0.0591. The van der Waals surface area contributed by atoms with Crippen molar-refractivity contribution in [2.45, 2.75) is 6.92 Å². The molecule has 0 spiro atoms. The number of fused-ring (bicyclic) bond motifs is 1. The molecule has 0 aliphatic rings. The summed E-state index contributed by atoms with van der Waals surface area (Å²) in [6, 6.07) is 23.0. The molecular formula is C32H31N5O6. The summed E-state index contributed by atoms with van der Waals surface area (Å²) in [5.41, 5.74) is 15.2. The third-order valence-electron chi connectivity index (χ3n) is 6.10. The van der Waals surface area contributed by atoms with E-state index < -0.39 is 5.97 Å². The number of nitrogens with zero attached hydrogens (tertiary/aromatic N) is 2. The van der Waals surface area contributed by atoms with Crippen LogP contribution >= 0.6 is 0 Å². The molecule has 4 aromatic carbocycles. The highest BCUT2D eigenvalue weighted by molar-refractivity contribution is 5.97. The average molecular weight is 582 g/mol. The maximum absolute atomic E-state index is 11.9. The first-order valence-electron chi connectivity index (χ1n) is 13.0. The Hall–Kier alpha value is -5.84. The maximum atomic E-state index is 11.9. The van der Waals surface area contributed by atoms with E-state index in [0.29, 0.717) is 51.5 Å². The molecule has 11 heteroatoms. The van der Waals surface area contributed by atoms with Crippen molar-refractivity contribution in [3.05, 3.63) is 102 Å². The highest BCUT2D eigenvalue weighted by atomic mass is 16.5. The highest BCUT2D eigenvalue weighted by Crippen LogP contribution is 2.33. The van der Waals surface area contributed by atoms with Crippen molar-refractivity contribution in [2.75, 3.05) is 38.1 Å². The van der Waals surface area contributed by atoms with E-state index in [-0.39, 0.29) is 5.97 Å². The van der Waals surface area contributed by atoms with E-state index in [9.17, 15) is 9.59 Å². The molecule has 5 rings (SSSR count). The lowest BCUT2D eigenvalue weighted by atomic mass is 10.1. The second kappa shape index (κ2) is 13.7. The number of hydrogen-bond donors (Lipinski definition) is 3. The van der Waals surface area contributed by atoms with Crippen molar-refractivity contribution in [3.8, 4) is 17.4 Å². The molecule has 0 aliphatic heterocycles. The largest absolute Gasteiger partial charge is 0.497 e. The number of esters is 2. The number of nitrogen functional groups attached to an aromatic ring is 2. The number of anilines is 4. The summed E-state index contributed by atoms with van der Waals surface area (Å²) < 4.78 is 20.6. The van der Waals surface area contributed by atoms with Gasteiger partial charge in [-0.2, -0.15) is 4.98 Å². The van der Waals surface area contributed by atoms with Crippen LogP contribution in [0.1, 0.15) is 26.3 Å². The molecule has 5 aromatic rings. The molecule has 5 N–H and O–H groups in total. The smallest absolute Gasteiger partial charge is 0.338 e. The normalized spacial score (nSPS) is 10.2. The number of rotatable bonds is 7. The number of benzene rings is 4. The number of carbonyl (C=O) groups excluding carboxylic acids is 2. The Kier molecular flexibility index (Phi) is 9.59. The molecule has 0 radical (unpaired) electrons. The minimum atomic E-state index is -0.477. The Morgan fingerprint density at radius 1 is 0.791 bits per heavy atom. The second-order valence-electron chi connectivity index (χ2n) is 9.21. The molecule has 43 heavy (non-hydrogen) atoms. The fourth-order valence-electron chi connectivity index (χ4n) is 4.16. The summed E-state index contributed by atoms with van der Waals surface area (Å²) in [6.07, 6.45) is 1.57. The van der Waals surface area contributed by atoms with Crippen molar-refractivity contribution >= 4 is 45.7 Å². The quantitative estimate of drug-likeness (QED) is 0.155. The van der Waals surface area contributed by atoms with E-state index >= 15 is 0 Å². The first-order chi connectivity index (χ1) is 20.7. The van der Waals surface area contributed by atoms with Crippen LogP contribution in [-0.2, 0) is 9.47 Å². The number of aromatic nitrogens is 2. The lowest BCUT2D eigenvalue weighted by Crippen LogP contribution is -2.04. The van der Waals surface area contributed by atoms with Gasteiger partial charge in [0.05, 0.1) is 32.5 Å². The highest BCUT2D eigenvalue weighted by Gasteiger charge is 2.12. The fourth-order valence-corrected chi connectivity index (χ4v) is 4.16. The number of aryl methyl sites for hydroxylation is 1. The molecule has 11 nitrogen and oxygen atoms in total. The summed E-state index contributed by atoms with van der Waals surface area (Å²) in [5.74, 6) is 0.931. The van der Waals surface area contributed by atoms with Crippen molar-refractivity contribution in [2.24, 2.45) is 0 Å². The number of hydrogen-bond acceptors (Lipinski definition) is 11. The Balaban J connectivity index is 0.000000296. The lowest BCUT2D eigenvalue weighted by Gasteiger charge is -2.12. The van der Waals surface area contributed by atoms with Gasteiger partial charge in [0.25, 0.3) is 0 Å². The standard InChI is InChI=1S/C23H20N4O4.C9H11NO2/c1-29-16-12-14(22(28)30-2)11-15(13-16)26-23-25-10-9-21(27-23)31-20-8-7-19(24)17-5-3-4-6-18(17)20;1-6-3-7(9(11)12-2)5-8(10)4-6/h3-13H,24H2,1-2H3,(H,25,26,27);3-5H,10H2,1-2H3. The van der Waals surface area contributed by atoms with Gasteiger partial charge in [0, 0.05) is 46.2 Å². The van der Waals surface area contributed by atoms with Crippen LogP contribution in [0, 0.1) is 6.92 Å². The Morgan fingerprint density at radius 3 is 2.16 bits per heavy atom. The molecule has 0 saturated heterocycles. The molecule has 0 amide bonds. The zero-order chi connectivity index (χ0) is 30.9. The Morgan fingerprint density at radius 2 is 1.49 bits per heavy atom. The second-order valence-corrected chi connectivity index (χ2v) is 9.21. The van der Waals surface area contributed by atoms with Gasteiger partial charge < -0.3 is 35.7 Å². The molecule has 1 heterocycles. The molecular weight excluding hydrogens is 550 g/mol. The van der Waals surface area contributed by atoms with Crippen molar-refractivity contribution < 1.29 is 28.5 Å². The summed E-state index contributed by atoms with van der Waals surface area (Å²) >= 11 is 0. The molecule has 0 unspecified atom stereocenters. The number of nitrogens with one attached hydrogen (secondary N) is 1. The fraction of sp³-hybridized carbons (Fsp3) is 0.125. The summed E-state index contributed by atoms with van der Waals surface area (Å²) in [4.78, 5) is 31.6. The van der Waals surface area contributed by atoms with Gasteiger partial charge >= 0.3 is 11.9 Å². The molecule has 220 valence electrons. The van der Waals surface area contributed by atoms with Crippen molar-refractivity contribution in [3.63, 3.8) is 0 Å². The maximum Gasteiger partial charge on any atom is 0.338 e. The first kappa shape index (κ1) is 30.1. The van der Waals surface area contributed by atoms with Gasteiger partial charge in [-0.05, 0) is 55.0 Å². The number of methoxy groups -OCH3 is 3. The molecule has 0 bridgehead atoms. The predicted octanol–water partition coefficient (Wildman–Crippen LogP) is 5.91. The molecule has 0 aliphatic carbocycles. The number of carbonyl (C=O) groups is 2. The van der Waals surface area contributed by atoms with E-state index in [4.69, 9.17) is 25.7 Å². The van der Waals surface area contributed by atoms with Crippen LogP contribution in [0.3, 0.4) is 0 Å². The van der Waals surface area contributed by atoms with E-state index in [1.165, 1.54) is 21.3 Å². The average Bonchev–Trinajstić information content (AvgIpc) is 3.01. The van der Waals surface area contributed by atoms with Gasteiger partial charge in [-0.25, -0.2) is 14.6 Å². The third-order valence-corrected chi connectivity index (χ3v) is 6.10. The minimum Gasteiger partial charge on any atom is -0.497 e. The van der Waals surface area contributed by atoms with Crippen LogP contribution in [0.4, 0.5) is 23.0 Å². The number of nitrogens with two attached hydrogens (primary N) is 2. The molecule has 0 fully saturated rings. The van der Waals surface area contributed by atoms with Crippen molar-refractivity contribution in [1.82, 2.24) is 9.97 Å². The molecule has 0 atom stereocenters. The van der Waals surface area contributed by atoms with Crippen LogP contribution in [0.2, 0.25) is 0 Å². The Labute approximate surface area is 248 Å². The topological polar surface area (TPSA) is 161 Å². The Bertz CT molecular complexity index is 1760. The van der Waals surface area contributed by atoms with Crippen LogP contribution in [-0.4, -0.2) is 43.2 Å². The van der Waals surface area contributed by atoms with E-state index in [2.05, 4.69) is 20.0 Å². The predicted molar refractivity (Wildman–Crippen MR) is 165 cm³/mol. The monoisotopic (exact) mass is 581 g/mol. The van der Waals surface area contributed by atoms with Crippen molar-refractivity contribution in [1.29, 1.82) is 0 Å². The summed E-state index contributed by atoms with van der Waals surface area (Å²) in [6.45, 7) is 1.88. The van der Waals surface area contributed by atoms with Crippen LogP contribution < -0.4 is 26.3 Å². The van der Waals surface area contributed by atoms with E-state index in [1.54, 1.807) is 60.8 Å². The van der Waals surface area contributed by atoms with Gasteiger partial charge in [0.15, 0.2) is 0 Å². The van der Waals surface area contributed by atoms with Crippen LogP contribution in [0.5, 0.6) is 17.4 Å². The van der Waals surface area contributed by atoms with Gasteiger partial charge in [-0.3, -0.25) is 0 Å². The van der Waals surface area contributed by atoms with Gasteiger partial charge in [0.1, 0.15) is 11.5 Å². The van der Waals surface area contributed by atoms with E-state index in [1.807, 2.05) is 31.2 Å². The van der Waals surface area contributed by atoms with Gasteiger partial charge in [0.2, 0.25) is 11.8 Å². The van der Waals surface area contributed by atoms with E-state index in [0.717, 1.165) is 16.3 Å². The summed E-state index contributed by atoms with van der Waals surface area (Å²) in [5, 5.41) is 4.84. The van der Waals surface area contributed by atoms with Crippen LogP contribution in [0.15, 0.2) is 85.1 Å². The first-order valence-corrected chi connectivity index (χ1v) is 13.0. The van der Waals surface area contributed by atoms with Gasteiger partial charge in [-0.15, -0.1) is 0 Å². The summed E-state index contributed by atoms with van der Waals surface area (Å²) in [7, 11) is 4.18. The minimum absolute atomic E-state index is 0.293. The molecule has 0 saturated carbocycles. The zero-order valence-electron chi connectivity index (χ0n) is 24.1. The number of ether oxygens (including phenoxy) is 4. The van der Waals surface area contributed by atoms with Crippen LogP contribution in [0.25, 0.3) is 10.8 Å².